The Morgan fingerprint density at radius 1 is 0.967 bits per heavy atom. The number of aryl methyl sites for hydroxylation is 1. The first kappa shape index (κ1) is 19.8. The normalized spacial score (nSPS) is 11.5. The van der Waals surface area contributed by atoms with E-state index >= 15 is 0 Å². The van der Waals surface area contributed by atoms with Crippen LogP contribution in [-0.4, -0.2) is 19.7 Å². The van der Waals surface area contributed by atoms with E-state index in [9.17, 15) is 4.39 Å². The molecule has 2 aromatic carbocycles. The molecule has 0 spiro atoms. The van der Waals surface area contributed by atoms with Crippen LogP contribution >= 0.6 is 0 Å². The molecule has 2 heterocycles. The molecular formula is C24H23FN4O. The maximum atomic E-state index is 13.2. The van der Waals surface area contributed by atoms with Gasteiger partial charge in [0.25, 0.3) is 5.95 Å². The van der Waals surface area contributed by atoms with Crippen LogP contribution in [0.2, 0.25) is 0 Å². The highest BCUT2D eigenvalue weighted by molar-refractivity contribution is 5.40. The average molecular weight is 402 g/mol. The third kappa shape index (κ3) is 4.22. The van der Waals surface area contributed by atoms with Crippen molar-refractivity contribution in [2.45, 2.75) is 32.8 Å². The van der Waals surface area contributed by atoms with Crippen molar-refractivity contribution in [1.29, 1.82) is 0 Å². The van der Waals surface area contributed by atoms with Gasteiger partial charge in [-0.1, -0.05) is 55.8 Å². The highest BCUT2D eigenvalue weighted by Crippen LogP contribution is 2.32. The number of hydrogen-bond acceptors (Lipinski definition) is 4. The molecule has 0 fully saturated rings. The lowest BCUT2D eigenvalue weighted by Gasteiger charge is -2.26. The smallest absolute Gasteiger partial charge is 0.250 e. The summed E-state index contributed by atoms with van der Waals surface area (Å²) in [6, 6.07) is 18.5. The van der Waals surface area contributed by atoms with E-state index in [4.69, 9.17) is 4.74 Å². The maximum absolute atomic E-state index is 13.2. The van der Waals surface area contributed by atoms with E-state index in [-0.39, 0.29) is 12.0 Å². The fourth-order valence-electron chi connectivity index (χ4n) is 3.25. The van der Waals surface area contributed by atoms with Crippen molar-refractivity contribution >= 4 is 0 Å². The summed E-state index contributed by atoms with van der Waals surface area (Å²) < 4.78 is 20.3. The molecule has 0 radical (unpaired) electrons. The van der Waals surface area contributed by atoms with Crippen LogP contribution in [0, 0.1) is 12.7 Å². The Morgan fingerprint density at radius 3 is 2.27 bits per heavy atom. The monoisotopic (exact) mass is 402 g/mol. The summed E-state index contributed by atoms with van der Waals surface area (Å²) in [5.74, 6) is 0.618. The topological polar surface area (TPSA) is 52.8 Å². The van der Waals surface area contributed by atoms with Crippen LogP contribution in [0.5, 0.6) is 5.75 Å². The van der Waals surface area contributed by atoms with Crippen LogP contribution in [0.1, 0.15) is 36.2 Å². The van der Waals surface area contributed by atoms with Gasteiger partial charge in [0.05, 0.1) is 18.1 Å². The van der Waals surface area contributed by atoms with Gasteiger partial charge in [-0.25, -0.2) is 19.0 Å². The van der Waals surface area contributed by atoms with Gasteiger partial charge in [-0.15, -0.1) is 0 Å². The lowest BCUT2D eigenvalue weighted by atomic mass is 9.78. The van der Waals surface area contributed by atoms with Crippen LogP contribution in [0.3, 0.4) is 0 Å². The molecule has 152 valence electrons. The molecule has 5 nitrogen and oxygen atoms in total. The summed E-state index contributed by atoms with van der Waals surface area (Å²) in [7, 11) is 0. The minimum atomic E-state index is -0.436. The molecule has 0 saturated heterocycles. The zero-order valence-electron chi connectivity index (χ0n) is 17.2. The van der Waals surface area contributed by atoms with Crippen LogP contribution in [0.4, 0.5) is 4.39 Å². The molecule has 0 aliphatic carbocycles. The van der Waals surface area contributed by atoms with Gasteiger partial charge in [-0.05, 0) is 36.2 Å². The van der Waals surface area contributed by atoms with E-state index in [1.807, 2.05) is 12.1 Å². The summed E-state index contributed by atoms with van der Waals surface area (Å²) in [6.07, 6.45) is 3.95. The molecule has 30 heavy (non-hydrogen) atoms. The number of ether oxygens (including phenoxy) is 1. The second kappa shape index (κ2) is 8.06. The van der Waals surface area contributed by atoms with E-state index in [0.717, 1.165) is 11.9 Å². The van der Waals surface area contributed by atoms with Crippen molar-refractivity contribution in [3.63, 3.8) is 0 Å². The second-order valence-corrected chi connectivity index (χ2v) is 7.76. The molecule has 4 rings (SSSR count). The molecule has 6 heteroatoms. The molecule has 2 aromatic heterocycles. The van der Waals surface area contributed by atoms with Crippen LogP contribution < -0.4 is 4.74 Å². The largest absolute Gasteiger partial charge is 0.487 e. The predicted octanol–water partition coefficient (Wildman–Crippen LogP) is 5.01. The van der Waals surface area contributed by atoms with Gasteiger partial charge in [0.15, 0.2) is 5.82 Å². The number of hydrogen-bond donors (Lipinski definition) is 0. The van der Waals surface area contributed by atoms with E-state index < -0.39 is 5.82 Å². The van der Waals surface area contributed by atoms with Crippen LogP contribution in [-0.2, 0) is 12.0 Å². The Labute approximate surface area is 175 Å². The van der Waals surface area contributed by atoms with Crippen molar-refractivity contribution in [1.82, 2.24) is 19.7 Å². The highest BCUT2D eigenvalue weighted by Gasteiger charge is 2.22. The first-order valence-electron chi connectivity index (χ1n) is 9.75. The molecule has 0 aliphatic heterocycles. The molecular weight excluding hydrogens is 379 g/mol. The fraction of sp³-hybridized carbons (Fsp3) is 0.208. The summed E-state index contributed by atoms with van der Waals surface area (Å²) >= 11 is 0. The summed E-state index contributed by atoms with van der Waals surface area (Å²) in [6.45, 7) is 6.80. The number of rotatable bonds is 6. The Morgan fingerprint density at radius 2 is 1.63 bits per heavy atom. The molecule has 0 N–H and O–H groups in total. The standard InChI is InChI=1S/C24H23FN4O/c1-17-4-6-18(7-5-17)24(2,3)19-8-10-22(11-9-19)30-16-21-12-13-26-23(28-21)29-15-20(25)14-27-29/h4-15H,16H2,1-3H3. The third-order valence-electron chi connectivity index (χ3n) is 5.19. The van der Waals surface area contributed by atoms with Crippen LogP contribution in [0.25, 0.3) is 5.95 Å². The summed E-state index contributed by atoms with van der Waals surface area (Å²) in [4.78, 5) is 8.49. The molecule has 0 unspecified atom stereocenters. The number of benzene rings is 2. The van der Waals surface area contributed by atoms with Crippen molar-refractivity contribution in [2.75, 3.05) is 0 Å². The Balaban J connectivity index is 1.45. The van der Waals surface area contributed by atoms with Gasteiger partial charge in [0.2, 0.25) is 0 Å². The fourth-order valence-corrected chi connectivity index (χ4v) is 3.25. The molecule has 0 amide bonds. The molecule has 0 saturated carbocycles. The van der Waals surface area contributed by atoms with Crippen molar-refractivity contribution < 1.29 is 9.13 Å². The van der Waals surface area contributed by atoms with Gasteiger partial charge >= 0.3 is 0 Å². The maximum Gasteiger partial charge on any atom is 0.250 e. The predicted molar refractivity (Wildman–Crippen MR) is 113 cm³/mol. The molecule has 0 aliphatic rings. The zero-order valence-corrected chi connectivity index (χ0v) is 17.2. The van der Waals surface area contributed by atoms with Gasteiger partial charge in [0, 0.05) is 11.6 Å². The van der Waals surface area contributed by atoms with Crippen LogP contribution in [0.15, 0.2) is 73.2 Å². The summed E-state index contributed by atoms with van der Waals surface area (Å²) in [5.41, 5.74) is 4.31. The highest BCUT2D eigenvalue weighted by atomic mass is 19.1. The number of aromatic nitrogens is 4. The Hall–Kier alpha value is -3.54. The van der Waals surface area contributed by atoms with Gasteiger partial charge in [-0.3, -0.25) is 0 Å². The molecule has 0 atom stereocenters. The van der Waals surface area contributed by atoms with Crippen molar-refractivity contribution in [2.24, 2.45) is 0 Å². The first-order valence-corrected chi connectivity index (χ1v) is 9.75. The van der Waals surface area contributed by atoms with Crippen molar-refractivity contribution in [3.8, 4) is 11.7 Å². The van der Waals surface area contributed by atoms with E-state index in [2.05, 4.69) is 72.2 Å². The quantitative estimate of drug-likeness (QED) is 0.455. The molecule has 0 bridgehead atoms. The first-order chi connectivity index (χ1) is 14.4. The van der Waals surface area contributed by atoms with Gasteiger partial charge in [-0.2, -0.15) is 5.10 Å². The minimum absolute atomic E-state index is 0.104. The Bertz CT molecular complexity index is 1130. The SMILES string of the molecule is Cc1ccc(C(C)(C)c2ccc(OCc3ccnc(-n4cc(F)cn4)n3)cc2)cc1. The average Bonchev–Trinajstić information content (AvgIpc) is 3.19. The Kier molecular flexibility index (Phi) is 5.31. The van der Waals surface area contributed by atoms with E-state index in [1.165, 1.54) is 27.6 Å². The van der Waals surface area contributed by atoms with Gasteiger partial charge < -0.3 is 4.74 Å². The van der Waals surface area contributed by atoms with Crippen molar-refractivity contribution in [3.05, 3.63) is 101 Å². The number of nitrogens with zero attached hydrogens (tertiary/aromatic N) is 4. The second-order valence-electron chi connectivity index (χ2n) is 7.76. The zero-order chi connectivity index (χ0) is 21.1. The summed E-state index contributed by atoms with van der Waals surface area (Å²) in [5, 5.41) is 3.88. The van der Waals surface area contributed by atoms with Gasteiger partial charge in [0.1, 0.15) is 12.4 Å². The lowest BCUT2D eigenvalue weighted by molar-refractivity contribution is 0.300. The minimum Gasteiger partial charge on any atom is -0.487 e. The third-order valence-corrected chi connectivity index (χ3v) is 5.19. The lowest BCUT2D eigenvalue weighted by Crippen LogP contribution is -2.18. The van der Waals surface area contributed by atoms with E-state index in [1.54, 1.807) is 12.3 Å². The number of halogens is 1. The van der Waals surface area contributed by atoms with E-state index in [0.29, 0.717) is 11.6 Å². The molecule has 4 aromatic rings.